The molecule has 1 saturated heterocycles. The van der Waals surface area contributed by atoms with E-state index in [2.05, 4.69) is 10.5 Å². The molecule has 1 aliphatic rings. The first kappa shape index (κ1) is 16.2. The second-order valence-corrected chi connectivity index (χ2v) is 5.72. The van der Waals surface area contributed by atoms with Gasteiger partial charge in [0.15, 0.2) is 0 Å². The number of hydrogen-bond acceptors (Lipinski definition) is 3. The minimum atomic E-state index is -0.248. The second kappa shape index (κ2) is 7.73. The number of aryl methyl sites for hydroxylation is 1. The second-order valence-electron chi connectivity index (χ2n) is 5.72. The first-order valence-electron chi connectivity index (χ1n) is 7.74. The smallest absolute Gasteiger partial charge is 0.259 e. The standard InChI is InChI=1S/C17H23N3O2/c1-13-7-9-15(10-8-13)14(2)18-19-16(21)12-20-11-5-3-4-6-17(20)22/h7-10H,3-6,11-12H2,1-2H3,(H,19,21)/b18-14-. The van der Waals surface area contributed by atoms with E-state index in [1.54, 1.807) is 4.90 Å². The molecule has 0 spiro atoms. The lowest BCUT2D eigenvalue weighted by molar-refractivity contribution is -0.135. The topological polar surface area (TPSA) is 61.8 Å². The summed E-state index contributed by atoms with van der Waals surface area (Å²) < 4.78 is 0. The Hall–Kier alpha value is -2.17. The SMILES string of the molecule is C/C(=N/NC(=O)CN1CCCCCC1=O)c1ccc(C)cc1. The number of hydrogen-bond donors (Lipinski definition) is 1. The van der Waals surface area contributed by atoms with Gasteiger partial charge in [0.05, 0.1) is 5.71 Å². The monoisotopic (exact) mass is 301 g/mol. The van der Waals surface area contributed by atoms with Crippen molar-refractivity contribution in [2.24, 2.45) is 5.10 Å². The van der Waals surface area contributed by atoms with Crippen LogP contribution in [0.4, 0.5) is 0 Å². The fraction of sp³-hybridized carbons (Fsp3) is 0.471. The molecular formula is C17H23N3O2. The molecule has 1 heterocycles. The van der Waals surface area contributed by atoms with Gasteiger partial charge in [-0.15, -0.1) is 0 Å². The molecule has 0 saturated carbocycles. The minimum Gasteiger partial charge on any atom is -0.333 e. The zero-order chi connectivity index (χ0) is 15.9. The number of benzene rings is 1. The summed E-state index contributed by atoms with van der Waals surface area (Å²) in [5.74, 6) is -0.186. The lowest BCUT2D eigenvalue weighted by Gasteiger charge is -2.19. The largest absolute Gasteiger partial charge is 0.333 e. The molecule has 2 rings (SSSR count). The van der Waals surface area contributed by atoms with Crippen LogP contribution >= 0.6 is 0 Å². The van der Waals surface area contributed by atoms with Crippen molar-refractivity contribution in [1.82, 2.24) is 10.3 Å². The van der Waals surface area contributed by atoms with Crippen molar-refractivity contribution in [2.75, 3.05) is 13.1 Å². The van der Waals surface area contributed by atoms with Crippen LogP contribution in [-0.2, 0) is 9.59 Å². The number of carbonyl (C=O) groups is 2. The van der Waals surface area contributed by atoms with Crippen LogP contribution in [0.1, 0.15) is 43.7 Å². The van der Waals surface area contributed by atoms with Gasteiger partial charge in [0, 0.05) is 13.0 Å². The van der Waals surface area contributed by atoms with Crippen molar-refractivity contribution in [2.45, 2.75) is 39.5 Å². The van der Waals surface area contributed by atoms with Crippen LogP contribution in [0.3, 0.4) is 0 Å². The third-order valence-corrected chi connectivity index (χ3v) is 3.82. The highest BCUT2D eigenvalue weighted by atomic mass is 16.2. The fourth-order valence-electron chi connectivity index (χ4n) is 2.42. The fourth-order valence-corrected chi connectivity index (χ4v) is 2.42. The number of nitrogens with zero attached hydrogens (tertiary/aromatic N) is 2. The van der Waals surface area contributed by atoms with Gasteiger partial charge in [0.25, 0.3) is 5.91 Å². The maximum Gasteiger partial charge on any atom is 0.259 e. The van der Waals surface area contributed by atoms with E-state index in [0.29, 0.717) is 13.0 Å². The van der Waals surface area contributed by atoms with Crippen LogP contribution < -0.4 is 5.43 Å². The summed E-state index contributed by atoms with van der Waals surface area (Å²) in [5.41, 5.74) is 5.43. The van der Waals surface area contributed by atoms with Crippen LogP contribution in [0.2, 0.25) is 0 Å². The molecule has 1 aliphatic heterocycles. The van der Waals surface area contributed by atoms with Gasteiger partial charge < -0.3 is 4.90 Å². The number of carbonyl (C=O) groups excluding carboxylic acids is 2. The maximum atomic E-state index is 11.9. The molecule has 0 aliphatic carbocycles. The summed E-state index contributed by atoms with van der Waals surface area (Å²) >= 11 is 0. The zero-order valence-corrected chi connectivity index (χ0v) is 13.3. The van der Waals surface area contributed by atoms with Crippen LogP contribution in [0.25, 0.3) is 0 Å². The normalized spacial score (nSPS) is 16.4. The molecule has 1 N–H and O–H groups in total. The molecular weight excluding hydrogens is 278 g/mol. The Bertz CT molecular complexity index is 564. The number of likely N-dealkylation sites (tertiary alicyclic amines) is 1. The van der Waals surface area contributed by atoms with Crippen molar-refractivity contribution >= 4 is 17.5 Å². The molecule has 0 aromatic heterocycles. The lowest BCUT2D eigenvalue weighted by Crippen LogP contribution is -2.39. The third kappa shape index (κ3) is 4.69. The van der Waals surface area contributed by atoms with E-state index in [1.807, 2.05) is 38.1 Å². The van der Waals surface area contributed by atoms with Gasteiger partial charge in [-0.1, -0.05) is 36.2 Å². The van der Waals surface area contributed by atoms with Crippen LogP contribution in [-0.4, -0.2) is 35.5 Å². The van der Waals surface area contributed by atoms with Gasteiger partial charge in [-0.3, -0.25) is 9.59 Å². The molecule has 0 radical (unpaired) electrons. The average molecular weight is 301 g/mol. The minimum absolute atomic E-state index is 0.0619. The van der Waals surface area contributed by atoms with Crippen molar-refractivity contribution < 1.29 is 9.59 Å². The Morgan fingerprint density at radius 1 is 1.23 bits per heavy atom. The Morgan fingerprint density at radius 3 is 2.68 bits per heavy atom. The Kier molecular flexibility index (Phi) is 5.69. The highest BCUT2D eigenvalue weighted by molar-refractivity contribution is 5.99. The van der Waals surface area contributed by atoms with E-state index in [1.165, 1.54) is 5.56 Å². The van der Waals surface area contributed by atoms with Crippen LogP contribution in [0.15, 0.2) is 29.4 Å². The van der Waals surface area contributed by atoms with Gasteiger partial charge >= 0.3 is 0 Å². The first-order valence-corrected chi connectivity index (χ1v) is 7.74. The molecule has 0 unspecified atom stereocenters. The van der Waals surface area contributed by atoms with Crippen molar-refractivity contribution in [3.63, 3.8) is 0 Å². The summed E-state index contributed by atoms with van der Waals surface area (Å²) in [7, 11) is 0. The zero-order valence-electron chi connectivity index (χ0n) is 13.3. The third-order valence-electron chi connectivity index (χ3n) is 3.82. The summed E-state index contributed by atoms with van der Waals surface area (Å²) in [4.78, 5) is 25.4. The van der Waals surface area contributed by atoms with Crippen molar-refractivity contribution in [3.8, 4) is 0 Å². The molecule has 2 amide bonds. The van der Waals surface area contributed by atoms with Crippen LogP contribution in [0.5, 0.6) is 0 Å². The quantitative estimate of drug-likeness (QED) is 0.685. The molecule has 0 bridgehead atoms. The van der Waals surface area contributed by atoms with Crippen molar-refractivity contribution in [3.05, 3.63) is 35.4 Å². The summed E-state index contributed by atoms with van der Waals surface area (Å²) in [5, 5.41) is 4.12. The molecule has 1 aromatic rings. The Labute approximate surface area is 131 Å². The number of hydrazone groups is 1. The Balaban J connectivity index is 1.89. The van der Waals surface area contributed by atoms with E-state index in [4.69, 9.17) is 0 Å². The highest BCUT2D eigenvalue weighted by Crippen LogP contribution is 2.10. The maximum absolute atomic E-state index is 11.9. The van der Waals surface area contributed by atoms with Gasteiger partial charge in [-0.05, 0) is 32.3 Å². The molecule has 1 fully saturated rings. The summed E-state index contributed by atoms with van der Waals surface area (Å²) in [6, 6.07) is 7.95. The van der Waals surface area contributed by atoms with E-state index in [-0.39, 0.29) is 18.4 Å². The van der Waals surface area contributed by atoms with Gasteiger partial charge in [-0.2, -0.15) is 5.10 Å². The molecule has 0 atom stereocenters. The number of amides is 2. The van der Waals surface area contributed by atoms with Crippen LogP contribution in [0, 0.1) is 6.92 Å². The molecule has 5 nitrogen and oxygen atoms in total. The lowest BCUT2D eigenvalue weighted by atomic mass is 10.1. The Morgan fingerprint density at radius 2 is 1.95 bits per heavy atom. The van der Waals surface area contributed by atoms with Gasteiger partial charge in [-0.25, -0.2) is 5.43 Å². The predicted molar refractivity (Wildman–Crippen MR) is 86.6 cm³/mol. The number of nitrogens with one attached hydrogen (secondary N) is 1. The summed E-state index contributed by atoms with van der Waals surface area (Å²) in [6.07, 6.45) is 3.47. The summed E-state index contributed by atoms with van der Waals surface area (Å²) in [6.45, 7) is 4.62. The number of rotatable bonds is 4. The van der Waals surface area contributed by atoms with Gasteiger partial charge in [0.1, 0.15) is 6.54 Å². The molecule has 5 heteroatoms. The van der Waals surface area contributed by atoms with E-state index < -0.39 is 0 Å². The molecule has 118 valence electrons. The van der Waals surface area contributed by atoms with Gasteiger partial charge in [0.2, 0.25) is 5.91 Å². The highest BCUT2D eigenvalue weighted by Gasteiger charge is 2.18. The predicted octanol–water partition coefficient (Wildman–Crippen LogP) is 2.24. The van der Waals surface area contributed by atoms with E-state index in [0.717, 1.165) is 30.5 Å². The van der Waals surface area contributed by atoms with E-state index in [9.17, 15) is 9.59 Å². The average Bonchev–Trinajstić information content (AvgIpc) is 2.70. The van der Waals surface area contributed by atoms with Crippen molar-refractivity contribution in [1.29, 1.82) is 0 Å². The molecule has 22 heavy (non-hydrogen) atoms. The first-order chi connectivity index (χ1) is 10.6. The van der Waals surface area contributed by atoms with E-state index >= 15 is 0 Å². The molecule has 1 aromatic carbocycles.